The number of aryl methyl sites for hydroxylation is 1. The minimum absolute atomic E-state index is 0.0405. The highest BCUT2D eigenvalue weighted by Crippen LogP contribution is 2.18. The van der Waals surface area contributed by atoms with Crippen molar-refractivity contribution in [1.29, 1.82) is 0 Å². The molecule has 0 aromatic heterocycles. The van der Waals surface area contributed by atoms with E-state index in [1.54, 1.807) is 19.1 Å². The molecule has 0 aliphatic rings. The SMILES string of the molecule is Cc1ccc(S(C)(=O)=O)c(C(=O)CCl)c1. The maximum absolute atomic E-state index is 11.4. The zero-order valence-corrected chi connectivity index (χ0v) is 10.0. The molecule has 0 aliphatic heterocycles. The van der Waals surface area contributed by atoms with Gasteiger partial charge in [-0.3, -0.25) is 4.79 Å². The van der Waals surface area contributed by atoms with Gasteiger partial charge < -0.3 is 0 Å². The molecule has 15 heavy (non-hydrogen) atoms. The zero-order valence-electron chi connectivity index (χ0n) is 8.45. The molecule has 1 rings (SSSR count). The van der Waals surface area contributed by atoms with Crippen molar-refractivity contribution in [3.63, 3.8) is 0 Å². The van der Waals surface area contributed by atoms with Crippen molar-refractivity contribution in [3.8, 4) is 0 Å². The predicted octanol–water partition coefficient (Wildman–Crippen LogP) is 1.82. The molecular weight excluding hydrogens is 236 g/mol. The van der Waals surface area contributed by atoms with Gasteiger partial charge in [0.25, 0.3) is 0 Å². The van der Waals surface area contributed by atoms with Gasteiger partial charge in [-0.25, -0.2) is 8.42 Å². The van der Waals surface area contributed by atoms with Crippen LogP contribution in [0, 0.1) is 6.92 Å². The number of hydrogen-bond acceptors (Lipinski definition) is 3. The molecule has 0 saturated carbocycles. The molecular formula is C10H11ClO3S. The van der Waals surface area contributed by atoms with Gasteiger partial charge in [-0.1, -0.05) is 11.6 Å². The Bertz CT molecular complexity index is 491. The third kappa shape index (κ3) is 2.79. The molecule has 0 radical (unpaired) electrons. The number of carbonyl (C=O) groups is 1. The highest BCUT2D eigenvalue weighted by Gasteiger charge is 2.17. The molecule has 0 aliphatic carbocycles. The minimum atomic E-state index is -3.38. The second kappa shape index (κ2) is 4.33. The summed E-state index contributed by atoms with van der Waals surface area (Å²) in [6.45, 7) is 1.79. The van der Waals surface area contributed by atoms with Gasteiger partial charge in [0.1, 0.15) is 0 Å². The summed E-state index contributed by atoms with van der Waals surface area (Å²) in [4.78, 5) is 11.5. The van der Waals surface area contributed by atoms with Crippen molar-refractivity contribution in [2.45, 2.75) is 11.8 Å². The third-order valence-electron chi connectivity index (χ3n) is 1.96. The molecule has 1 aromatic rings. The Morgan fingerprint density at radius 1 is 1.40 bits per heavy atom. The summed E-state index contributed by atoms with van der Waals surface area (Å²) in [5.74, 6) is -0.591. The van der Waals surface area contributed by atoms with Crippen LogP contribution in [0.4, 0.5) is 0 Å². The molecule has 3 nitrogen and oxygen atoms in total. The molecule has 0 atom stereocenters. The lowest BCUT2D eigenvalue weighted by Gasteiger charge is -2.06. The number of carbonyl (C=O) groups excluding carboxylic acids is 1. The van der Waals surface area contributed by atoms with Crippen LogP contribution >= 0.6 is 11.6 Å². The van der Waals surface area contributed by atoms with E-state index in [4.69, 9.17) is 11.6 Å². The number of hydrogen-bond donors (Lipinski definition) is 0. The summed E-state index contributed by atoms with van der Waals surface area (Å²) >= 11 is 5.42. The second-order valence-electron chi connectivity index (χ2n) is 3.33. The van der Waals surface area contributed by atoms with E-state index in [0.717, 1.165) is 11.8 Å². The van der Waals surface area contributed by atoms with Crippen LogP contribution in [0.25, 0.3) is 0 Å². The lowest BCUT2D eigenvalue weighted by atomic mass is 10.1. The maximum atomic E-state index is 11.4. The average Bonchev–Trinajstić information content (AvgIpc) is 2.14. The molecule has 0 spiro atoms. The fourth-order valence-corrected chi connectivity index (χ4v) is 2.29. The van der Waals surface area contributed by atoms with Gasteiger partial charge in [-0.2, -0.15) is 0 Å². The second-order valence-corrected chi connectivity index (χ2v) is 5.58. The molecule has 0 bridgehead atoms. The van der Waals surface area contributed by atoms with Gasteiger partial charge in [0.15, 0.2) is 15.6 Å². The predicted molar refractivity (Wildman–Crippen MR) is 59.3 cm³/mol. The Kier molecular flexibility index (Phi) is 3.52. The van der Waals surface area contributed by atoms with E-state index in [1.807, 2.05) is 0 Å². The van der Waals surface area contributed by atoms with Crippen LogP contribution in [0.5, 0.6) is 0 Å². The fraction of sp³-hybridized carbons (Fsp3) is 0.300. The van der Waals surface area contributed by atoms with Crippen molar-refractivity contribution in [1.82, 2.24) is 0 Å². The lowest BCUT2D eigenvalue weighted by molar-refractivity contribution is 0.101. The van der Waals surface area contributed by atoms with E-state index < -0.39 is 9.84 Å². The third-order valence-corrected chi connectivity index (χ3v) is 3.35. The van der Waals surface area contributed by atoms with Crippen molar-refractivity contribution in [2.24, 2.45) is 0 Å². The topological polar surface area (TPSA) is 51.2 Å². The highest BCUT2D eigenvalue weighted by atomic mass is 35.5. The molecule has 0 unspecified atom stereocenters. The van der Waals surface area contributed by atoms with Crippen molar-refractivity contribution in [2.75, 3.05) is 12.1 Å². The average molecular weight is 247 g/mol. The summed E-state index contributed by atoms with van der Waals surface area (Å²) in [6, 6.07) is 4.63. The quantitative estimate of drug-likeness (QED) is 0.604. The Balaban J connectivity index is 3.47. The molecule has 82 valence electrons. The monoisotopic (exact) mass is 246 g/mol. The first-order chi connectivity index (χ1) is 6.86. The first kappa shape index (κ1) is 12.2. The number of ketones is 1. The van der Waals surface area contributed by atoms with Crippen LogP contribution in [0.2, 0.25) is 0 Å². The zero-order chi connectivity index (χ0) is 11.6. The molecule has 0 saturated heterocycles. The number of halogens is 1. The van der Waals surface area contributed by atoms with Crippen molar-refractivity contribution < 1.29 is 13.2 Å². The van der Waals surface area contributed by atoms with Crippen LogP contribution in [-0.4, -0.2) is 26.3 Å². The maximum Gasteiger partial charge on any atom is 0.178 e. The summed E-state index contributed by atoms with van der Waals surface area (Å²) in [6.07, 6.45) is 1.07. The van der Waals surface area contributed by atoms with Crippen LogP contribution < -0.4 is 0 Å². The van der Waals surface area contributed by atoms with E-state index in [1.165, 1.54) is 6.07 Å². The smallest absolute Gasteiger partial charge is 0.178 e. The van der Waals surface area contributed by atoms with E-state index in [0.29, 0.717) is 0 Å². The van der Waals surface area contributed by atoms with Gasteiger partial charge in [0.2, 0.25) is 0 Å². The highest BCUT2D eigenvalue weighted by molar-refractivity contribution is 7.90. The van der Waals surface area contributed by atoms with Gasteiger partial charge >= 0.3 is 0 Å². The van der Waals surface area contributed by atoms with Crippen LogP contribution in [-0.2, 0) is 9.84 Å². The van der Waals surface area contributed by atoms with Gasteiger partial charge in [-0.05, 0) is 19.1 Å². The number of benzene rings is 1. The molecule has 0 amide bonds. The first-order valence-corrected chi connectivity index (χ1v) is 6.68. The first-order valence-electron chi connectivity index (χ1n) is 4.26. The van der Waals surface area contributed by atoms with Crippen molar-refractivity contribution >= 4 is 27.2 Å². The molecule has 0 N–H and O–H groups in total. The van der Waals surface area contributed by atoms with Gasteiger partial charge in [0, 0.05) is 11.8 Å². The number of alkyl halides is 1. The van der Waals surface area contributed by atoms with E-state index in [2.05, 4.69) is 0 Å². The van der Waals surface area contributed by atoms with E-state index in [-0.39, 0.29) is 22.1 Å². The Morgan fingerprint density at radius 3 is 2.47 bits per heavy atom. The summed E-state index contributed by atoms with van der Waals surface area (Å²) in [5.41, 5.74) is 1.00. The van der Waals surface area contributed by atoms with E-state index >= 15 is 0 Å². The largest absolute Gasteiger partial charge is 0.293 e. The van der Waals surface area contributed by atoms with Crippen LogP contribution in [0.3, 0.4) is 0 Å². The Labute approximate surface area is 94.0 Å². The summed E-state index contributed by atoms with van der Waals surface area (Å²) in [5, 5.41) is 0. The summed E-state index contributed by atoms with van der Waals surface area (Å²) in [7, 11) is -3.38. The van der Waals surface area contributed by atoms with Crippen LogP contribution in [0.15, 0.2) is 23.1 Å². The van der Waals surface area contributed by atoms with Gasteiger partial charge in [-0.15, -0.1) is 11.6 Å². The molecule has 0 fully saturated rings. The molecule has 0 heterocycles. The lowest BCUT2D eigenvalue weighted by Crippen LogP contribution is -2.09. The number of Topliss-reactive ketones (excluding diaryl/α,β-unsaturated/α-hetero) is 1. The number of rotatable bonds is 3. The minimum Gasteiger partial charge on any atom is -0.293 e. The number of sulfone groups is 1. The van der Waals surface area contributed by atoms with Crippen LogP contribution in [0.1, 0.15) is 15.9 Å². The van der Waals surface area contributed by atoms with Crippen molar-refractivity contribution in [3.05, 3.63) is 29.3 Å². The van der Waals surface area contributed by atoms with E-state index in [9.17, 15) is 13.2 Å². The normalized spacial score (nSPS) is 11.4. The Hall–Kier alpha value is -0.870. The fourth-order valence-electron chi connectivity index (χ4n) is 1.26. The Morgan fingerprint density at radius 2 is 2.00 bits per heavy atom. The molecule has 1 aromatic carbocycles. The summed E-state index contributed by atoms with van der Waals surface area (Å²) < 4.78 is 22.8. The van der Waals surface area contributed by atoms with Gasteiger partial charge in [0.05, 0.1) is 10.8 Å². The molecule has 5 heteroatoms. The standard InChI is InChI=1S/C10H11ClO3S/c1-7-3-4-10(15(2,13)14)8(5-7)9(12)6-11/h3-5H,6H2,1-2H3.